The van der Waals surface area contributed by atoms with Gasteiger partial charge in [0.15, 0.2) is 0 Å². The number of pyridine rings is 1. The number of H-pyrrole nitrogens is 1. The number of hydrogen-bond donors (Lipinski definition) is 1. The Kier molecular flexibility index (Phi) is 3.95. The highest BCUT2D eigenvalue weighted by Gasteiger charge is 2.31. The summed E-state index contributed by atoms with van der Waals surface area (Å²) in [7, 11) is 1.76. The van der Waals surface area contributed by atoms with Gasteiger partial charge in [0.05, 0.1) is 23.7 Å². The molecule has 1 aromatic carbocycles. The van der Waals surface area contributed by atoms with Crippen LogP contribution in [-0.2, 0) is 16.0 Å². The summed E-state index contributed by atoms with van der Waals surface area (Å²) < 4.78 is 0. The second-order valence-electron chi connectivity index (χ2n) is 6.68. The number of benzene rings is 1. The first-order valence-corrected chi connectivity index (χ1v) is 8.64. The fourth-order valence-electron chi connectivity index (χ4n) is 3.53. The fourth-order valence-corrected chi connectivity index (χ4v) is 3.53. The molecule has 1 unspecified atom stereocenters. The monoisotopic (exact) mass is 348 g/mol. The predicted octanol–water partition coefficient (Wildman–Crippen LogP) is 2.75. The molecule has 0 fully saturated rings. The molecule has 3 heterocycles. The van der Waals surface area contributed by atoms with Gasteiger partial charge >= 0.3 is 0 Å². The lowest BCUT2D eigenvalue weighted by atomic mass is 10.1. The number of carbonyl (C=O) groups is 2. The molecule has 6 heteroatoms. The summed E-state index contributed by atoms with van der Waals surface area (Å²) in [5, 5.41) is 0.949. The zero-order valence-electron chi connectivity index (χ0n) is 14.8. The van der Waals surface area contributed by atoms with E-state index >= 15 is 0 Å². The first kappa shape index (κ1) is 16.3. The number of nitrogens with one attached hydrogen (secondary N) is 1. The molecule has 26 heavy (non-hydrogen) atoms. The van der Waals surface area contributed by atoms with E-state index < -0.39 is 0 Å². The molecule has 0 bridgehead atoms. The Bertz CT molecular complexity index is 994. The molecule has 2 aromatic heterocycles. The highest BCUT2D eigenvalue weighted by molar-refractivity contribution is 6.06. The highest BCUT2D eigenvalue weighted by Crippen LogP contribution is 2.33. The van der Waals surface area contributed by atoms with Crippen molar-refractivity contribution in [3.8, 4) is 0 Å². The first-order valence-electron chi connectivity index (χ1n) is 8.64. The van der Waals surface area contributed by atoms with Crippen LogP contribution in [0.1, 0.15) is 12.5 Å². The summed E-state index contributed by atoms with van der Waals surface area (Å²) in [6, 6.07) is 11.4. The van der Waals surface area contributed by atoms with Crippen LogP contribution in [0.3, 0.4) is 0 Å². The van der Waals surface area contributed by atoms with Gasteiger partial charge in [-0.25, -0.2) is 4.98 Å². The number of carbonyl (C=O) groups excluding carboxylic acids is 2. The molecule has 0 saturated heterocycles. The van der Waals surface area contributed by atoms with Gasteiger partial charge in [0.2, 0.25) is 11.8 Å². The summed E-state index contributed by atoms with van der Waals surface area (Å²) in [6.45, 7) is 2.24. The van der Waals surface area contributed by atoms with Crippen LogP contribution in [0.2, 0.25) is 0 Å². The van der Waals surface area contributed by atoms with E-state index in [-0.39, 0.29) is 24.2 Å². The third-order valence-corrected chi connectivity index (χ3v) is 4.92. The number of rotatable bonds is 2. The van der Waals surface area contributed by atoms with Gasteiger partial charge < -0.3 is 14.8 Å². The third-order valence-electron chi connectivity index (χ3n) is 4.92. The molecule has 3 aromatic rings. The number of para-hydroxylation sites is 2. The Morgan fingerprint density at radius 2 is 2.00 bits per heavy atom. The molecular weight excluding hydrogens is 328 g/mol. The van der Waals surface area contributed by atoms with Crippen LogP contribution >= 0.6 is 0 Å². The van der Waals surface area contributed by atoms with E-state index in [0.717, 1.165) is 28.0 Å². The summed E-state index contributed by atoms with van der Waals surface area (Å²) in [5.74, 6) is -0.276. The van der Waals surface area contributed by atoms with E-state index in [2.05, 4.69) is 9.97 Å². The van der Waals surface area contributed by atoms with Gasteiger partial charge in [-0.05, 0) is 29.8 Å². The average Bonchev–Trinajstić information content (AvgIpc) is 3.03. The second-order valence-corrected chi connectivity index (χ2v) is 6.68. The molecule has 4 rings (SSSR count). The topological polar surface area (TPSA) is 69.3 Å². The lowest BCUT2D eigenvalue weighted by Crippen LogP contribution is -2.37. The van der Waals surface area contributed by atoms with Crippen LogP contribution in [0.15, 0.2) is 48.8 Å². The van der Waals surface area contributed by atoms with Crippen molar-refractivity contribution in [2.24, 2.45) is 5.92 Å². The highest BCUT2D eigenvalue weighted by atomic mass is 16.2. The van der Waals surface area contributed by atoms with Crippen LogP contribution in [0.5, 0.6) is 0 Å². The Balaban J connectivity index is 1.70. The summed E-state index contributed by atoms with van der Waals surface area (Å²) in [4.78, 5) is 36.4. The maximum absolute atomic E-state index is 13.1. The average molecular weight is 348 g/mol. The number of anilines is 2. The number of aromatic amines is 1. The lowest BCUT2D eigenvalue weighted by molar-refractivity contribution is -0.121. The van der Waals surface area contributed by atoms with E-state index in [4.69, 9.17) is 0 Å². The Morgan fingerprint density at radius 1 is 1.23 bits per heavy atom. The van der Waals surface area contributed by atoms with E-state index in [1.807, 2.05) is 49.5 Å². The minimum absolute atomic E-state index is 0.0176. The molecule has 132 valence electrons. The van der Waals surface area contributed by atoms with Gasteiger partial charge in [-0.1, -0.05) is 19.1 Å². The molecule has 2 amide bonds. The van der Waals surface area contributed by atoms with Gasteiger partial charge in [-0.3, -0.25) is 9.59 Å². The Morgan fingerprint density at radius 3 is 2.81 bits per heavy atom. The molecule has 1 aliphatic rings. The Hall–Kier alpha value is -3.15. The Labute approximate surface area is 151 Å². The normalized spacial score (nSPS) is 17.3. The van der Waals surface area contributed by atoms with Crippen molar-refractivity contribution in [3.63, 3.8) is 0 Å². The van der Waals surface area contributed by atoms with Crippen molar-refractivity contribution < 1.29 is 9.59 Å². The van der Waals surface area contributed by atoms with Crippen LogP contribution < -0.4 is 9.80 Å². The van der Waals surface area contributed by atoms with Gasteiger partial charge in [0.25, 0.3) is 0 Å². The molecule has 1 atom stereocenters. The van der Waals surface area contributed by atoms with Gasteiger partial charge in [-0.2, -0.15) is 0 Å². The quantitative estimate of drug-likeness (QED) is 0.774. The van der Waals surface area contributed by atoms with Crippen molar-refractivity contribution in [1.29, 1.82) is 0 Å². The second kappa shape index (κ2) is 6.29. The SMILES string of the molecule is CC1CN(C(=O)Cc2c[nH]c3ncccc23)c2ccccc2N(C)C1=O. The number of fused-ring (bicyclic) bond motifs is 2. The van der Waals surface area contributed by atoms with E-state index in [0.29, 0.717) is 6.54 Å². The zero-order valence-corrected chi connectivity index (χ0v) is 14.8. The molecule has 0 saturated carbocycles. The van der Waals surface area contributed by atoms with Gasteiger partial charge in [-0.15, -0.1) is 0 Å². The van der Waals surface area contributed by atoms with Crippen LogP contribution in [0.4, 0.5) is 11.4 Å². The van der Waals surface area contributed by atoms with Gasteiger partial charge in [0, 0.05) is 31.4 Å². The van der Waals surface area contributed by atoms with E-state index in [9.17, 15) is 9.59 Å². The summed E-state index contributed by atoms with van der Waals surface area (Å²) in [6.07, 6.45) is 3.81. The van der Waals surface area contributed by atoms with Crippen molar-refractivity contribution in [3.05, 3.63) is 54.4 Å². The minimum Gasteiger partial charge on any atom is -0.346 e. The fraction of sp³-hybridized carbons (Fsp3) is 0.250. The molecule has 0 radical (unpaired) electrons. The van der Waals surface area contributed by atoms with Crippen molar-refractivity contribution >= 4 is 34.2 Å². The molecule has 0 spiro atoms. The maximum Gasteiger partial charge on any atom is 0.231 e. The lowest BCUT2D eigenvalue weighted by Gasteiger charge is -2.24. The van der Waals surface area contributed by atoms with Crippen LogP contribution in [-0.4, -0.2) is 35.4 Å². The van der Waals surface area contributed by atoms with Crippen LogP contribution in [0, 0.1) is 5.92 Å². The number of hydrogen-bond acceptors (Lipinski definition) is 3. The standard InChI is InChI=1S/C20H20N4O2/c1-13-12-24(17-8-4-3-7-16(17)23(2)20(13)26)18(25)10-14-11-22-19-15(14)6-5-9-21-19/h3-9,11,13H,10,12H2,1-2H3,(H,21,22). The first-order chi connectivity index (χ1) is 12.6. The predicted molar refractivity (Wildman–Crippen MR) is 101 cm³/mol. The molecule has 1 aliphatic heterocycles. The molecular formula is C20H20N4O2. The number of amides is 2. The van der Waals surface area contributed by atoms with E-state index in [1.165, 1.54) is 0 Å². The number of nitrogens with zero attached hydrogens (tertiary/aromatic N) is 3. The smallest absolute Gasteiger partial charge is 0.231 e. The molecule has 1 N–H and O–H groups in total. The van der Waals surface area contributed by atoms with Crippen molar-refractivity contribution in [1.82, 2.24) is 9.97 Å². The largest absolute Gasteiger partial charge is 0.346 e. The summed E-state index contributed by atoms with van der Waals surface area (Å²) >= 11 is 0. The van der Waals surface area contributed by atoms with Crippen molar-refractivity contribution in [2.45, 2.75) is 13.3 Å². The maximum atomic E-state index is 13.1. The van der Waals surface area contributed by atoms with Crippen molar-refractivity contribution in [2.75, 3.05) is 23.4 Å². The minimum atomic E-state index is -0.263. The van der Waals surface area contributed by atoms with E-state index in [1.54, 1.807) is 23.0 Å². The molecule has 0 aliphatic carbocycles. The van der Waals surface area contributed by atoms with Crippen LogP contribution in [0.25, 0.3) is 11.0 Å². The summed E-state index contributed by atoms with van der Waals surface area (Å²) in [5.41, 5.74) is 3.22. The van der Waals surface area contributed by atoms with Gasteiger partial charge in [0.1, 0.15) is 5.65 Å². The third kappa shape index (κ3) is 2.63. The number of aromatic nitrogens is 2. The molecule has 6 nitrogen and oxygen atoms in total. The zero-order chi connectivity index (χ0) is 18.3.